The molecular formula is C11H23N3O2. The van der Waals surface area contributed by atoms with Gasteiger partial charge in [-0.2, -0.15) is 0 Å². The van der Waals surface area contributed by atoms with E-state index in [1.54, 1.807) is 0 Å². The molecule has 5 heteroatoms. The molecule has 0 atom stereocenters. The lowest BCUT2D eigenvalue weighted by molar-refractivity contribution is -0.130. The molecule has 0 bridgehead atoms. The zero-order chi connectivity index (χ0) is 12.2. The number of carbonyl (C=O) groups excluding carboxylic acids is 1. The first-order chi connectivity index (χ1) is 7.49. The van der Waals surface area contributed by atoms with Crippen LogP contribution in [0.5, 0.6) is 0 Å². The highest BCUT2D eigenvalue weighted by Gasteiger charge is 2.31. The highest BCUT2D eigenvalue weighted by molar-refractivity contribution is 5.81. The number of carbonyl (C=O) groups is 1. The zero-order valence-electron chi connectivity index (χ0n) is 10.2. The van der Waals surface area contributed by atoms with E-state index in [2.05, 4.69) is 10.3 Å². The average molecular weight is 229 g/mol. The Morgan fingerprint density at radius 2 is 2.06 bits per heavy atom. The largest absolute Gasteiger partial charge is 0.396 e. The first-order valence-corrected chi connectivity index (χ1v) is 5.84. The first-order valence-electron chi connectivity index (χ1n) is 5.84. The van der Waals surface area contributed by atoms with Crippen LogP contribution in [-0.2, 0) is 4.79 Å². The molecule has 4 N–H and O–H groups in total. The molecule has 1 aliphatic rings. The maximum atomic E-state index is 11.5. The molecule has 5 nitrogen and oxygen atoms in total. The number of hydrazine groups is 1. The SMILES string of the molecule is CC(C)(CN1CCC(CO)CC1)C(=O)NN. The first kappa shape index (κ1) is 13.4. The predicted molar refractivity (Wildman–Crippen MR) is 62.4 cm³/mol. The van der Waals surface area contributed by atoms with E-state index in [1.807, 2.05) is 13.8 Å². The van der Waals surface area contributed by atoms with Crippen LogP contribution in [-0.4, -0.2) is 42.2 Å². The lowest BCUT2D eigenvalue weighted by Gasteiger charge is -2.35. The Labute approximate surface area is 97.0 Å². The Hall–Kier alpha value is -0.650. The normalized spacial score (nSPS) is 19.8. The topological polar surface area (TPSA) is 78.6 Å². The molecule has 0 spiro atoms. The number of aliphatic hydroxyl groups excluding tert-OH is 1. The number of rotatable bonds is 4. The van der Waals surface area contributed by atoms with E-state index in [-0.39, 0.29) is 12.5 Å². The minimum absolute atomic E-state index is 0.128. The molecule has 0 aromatic rings. The van der Waals surface area contributed by atoms with Crippen molar-refractivity contribution in [3.05, 3.63) is 0 Å². The number of piperidine rings is 1. The second kappa shape index (κ2) is 5.61. The van der Waals surface area contributed by atoms with E-state index in [0.29, 0.717) is 12.5 Å². The Morgan fingerprint density at radius 3 is 2.50 bits per heavy atom. The lowest BCUT2D eigenvalue weighted by Crippen LogP contribution is -2.49. The molecule has 1 amide bonds. The van der Waals surface area contributed by atoms with Crippen molar-refractivity contribution in [2.75, 3.05) is 26.2 Å². The van der Waals surface area contributed by atoms with Gasteiger partial charge in [0.25, 0.3) is 0 Å². The highest BCUT2D eigenvalue weighted by Crippen LogP contribution is 2.22. The Morgan fingerprint density at radius 1 is 1.50 bits per heavy atom. The van der Waals surface area contributed by atoms with Crippen molar-refractivity contribution in [1.29, 1.82) is 0 Å². The molecule has 1 saturated heterocycles. The summed E-state index contributed by atoms with van der Waals surface area (Å²) in [6.07, 6.45) is 2.02. The summed E-state index contributed by atoms with van der Waals surface area (Å²) in [4.78, 5) is 13.8. The van der Waals surface area contributed by atoms with Crippen LogP contribution < -0.4 is 11.3 Å². The third-order valence-electron chi connectivity index (χ3n) is 3.33. The number of amides is 1. The second-order valence-corrected chi connectivity index (χ2v) is 5.26. The standard InChI is InChI=1S/C11H23N3O2/c1-11(2,10(16)13-12)8-14-5-3-9(7-15)4-6-14/h9,15H,3-8,12H2,1-2H3,(H,13,16). The fourth-order valence-corrected chi connectivity index (χ4v) is 2.15. The van der Waals surface area contributed by atoms with Crippen LogP contribution in [0.25, 0.3) is 0 Å². The van der Waals surface area contributed by atoms with E-state index < -0.39 is 5.41 Å². The summed E-state index contributed by atoms with van der Waals surface area (Å²) in [6.45, 7) is 6.69. The van der Waals surface area contributed by atoms with Gasteiger partial charge in [0.2, 0.25) is 5.91 Å². The maximum absolute atomic E-state index is 11.5. The molecule has 16 heavy (non-hydrogen) atoms. The molecule has 0 saturated carbocycles. The molecule has 0 unspecified atom stereocenters. The molecule has 1 rings (SSSR count). The van der Waals surface area contributed by atoms with Crippen LogP contribution in [0.4, 0.5) is 0 Å². The molecule has 0 radical (unpaired) electrons. The quantitative estimate of drug-likeness (QED) is 0.351. The monoisotopic (exact) mass is 229 g/mol. The highest BCUT2D eigenvalue weighted by atomic mass is 16.3. The Bertz CT molecular complexity index is 235. The van der Waals surface area contributed by atoms with Crippen molar-refractivity contribution in [1.82, 2.24) is 10.3 Å². The molecule has 0 aromatic heterocycles. The molecule has 1 heterocycles. The average Bonchev–Trinajstić information content (AvgIpc) is 2.28. The van der Waals surface area contributed by atoms with Gasteiger partial charge in [-0.3, -0.25) is 10.2 Å². The summed E-state index contributed by atoms with van der Waals surface area (Å²) in [5.41, 5.74) is 1.75. The molecule has 0 aromatic carbocycles. The number of nitrogens with two attached hydrogens (primary N) is 1. The van der Waals surface area contributed by atoms with Crippen LogP contribution in [0.1, 0.15) is 26.7 Å². The third kappa shape index (κ3) is 3.43. The van der Waals surface area contributed by atoms with Gasteiger partial charge < -0.3 is 10.0 Å². The van der Waals surface area contributed by atoms with Gasteiger partial charge in [-0.05, 0) is 45.7 Å². The summed E-state index contributed by atoms with van der Waals surface area (Å²) in [6, 6.07) is 0. The van der Waals surface area contributed by atoms with Crippen LogP contribution in [0.2, 0.25) is 0 Å². The minimum atomic E-state index is -0.458. The Balaban J connectivity index is 2.41. The van der Waals surface area contributed by atoms with E-state index in [4.69, 9.17) is 10.9 Å². The van der Waals surface area contributed by atoms with Gasteiger partial charge in [0.05, 0.1) is 5.41 Å². The van der Waals surface area contributed by atoms with E-state index in [0.717, 1.165) is 25.9 Å². The number of aliphatic hydroxyl groups is 1. The Kier molecular flexibility index (Phi) is 4.70. The number of nitrogens with one attached hydrogen (secondary N) is 1. The summed E-state index contributed by atoms with van der Waals surface area (Å²) in [5, 5.41) is 9.04. The van der Waals surface area contributed by atoms with Crippen molar-refractivity contribution in [3.63, 3.8) is 0 Å². The van der Waals surface area contributed by atoms with Gasteiger partial charge in [-0.25, -0.2) is 5.84 Å². The van der Waals surface area contributed by atoms with Crippen molar-refractivity contribution in [2.45, 2.75) is 26.7 Å². The third-order valence-corrected chi connectivity index (χ3v) is 3.33. The summed E-state index contributed by atoms with van der Waals surface area (Å²) in [7, 11) is 0. The number of hydrogen-bond acceptors (Lipinski definition) is 4. The van der Waals surface area contributed by atoms with Gasteiger partial charge in [0, 0.05) is 13.2 Å². The number of likely N-dealkylation sites (tertiary alicyclic amines) is 1. The zero-order valence-corrected chi connectivity index (χ0v) is 10.2. The van der Waals surface area contributed by atoms with Crippen molar-refractivity contribution >= 4 is 5.91 Å². The van der Waals surface area contributed by atoms with Gasteiger partial charge in [-0.15, -0.1) is 0 Å². The summed E-state index contributed by atoms with van der Waals surface area (Å²) < 4.78 is 0. The van der Waals surface area contributed by atoms with Gasteiger partial charge >= 0.3 is 0 Å². The molecule has 0 aliphatic carbocycles. The smallest absolute Gasteiger partial charge is 0.240 e. The molecule has 94 valence electrons. The van der Waals surface area contributed by atoms with Crippen molar-refractivity contribution in [3.8, 4) is 0 Å². The fraction of sp³-hybridized carbons (Fsp3) is 0.909. The van der Waals surface area contributed by atoms with Gasteiger partial charge in [0.1, 0.15) is 0 Å². The maximum Gasteiger partial charge on any atom is 0.240 e. The predicted octanol–water partition coefficient (Wildman–Crippen LogP) is -0.293. The summed E-state index contributed by atoms with van der Waals surface area (Å²) in [5.74, 6) is 5.46. The minimum Gasteiger partial charge on any atom is -0.396 e. The van der Waals surface area contributed by atoms with E-state index >= 15 is 0 Å². The van der Waals surface area contributed by atoms with Crippen LogP contribution in [0.15, 0.2) is 0 Å². The lowest BCUT2D eigenvalue weighted by atomic mass is 9.89. The van der Waals surface area contributed by atoms with Gasteiger partial charge in [0.15, 0.2) is 0 Å². The molecular weight excluding hydrogens is 206 g/mol. The van der Waals surface area contributed by atoms with E-state index in [1.165, 1.54) is 0 Å². The van der Waals surface area contributed by atoms with Crippen LogP contribution in [0.3, 0.4) is 0 Å². The molecule has 1 fully saturated rings. The number of nitrogens with zero attached hydrogens (tertiary/aromatic N) is 1. The van der Waals surface area contributed by atoms with Gasteiger partial charge in [-0.1, -0.05) is 0 Å². The van der Waals surface area contributed by atoms with Crippen molar-refractivity contribution in [2.24, 2.45) is 17.2 Å². The van der Waals surface area contributed by atoms with Crippen LogP contribution in [0, 0.1) is 11.3 Å². The van der Waals surface area contributed by atoms with E-state index in [9.17, 15) is 4.79 Å². The van der Waals surface area contributed by atoms with Crippen LogP contribution >= 0.6 is 0 Å². The second-order valence-electron chi connectivity index (χ2n) is 5.26. The number of hydrogen-bond donors (Lipinski definition) is 3. The molecule has 1 aliphatic heterocycles. The summed E-state index contributed by atoms with van der Waals surface area (Å²) >= 11 is 0. The fourth-order valence-electron chi connectivity index (χ4n) is 2.15. The van der Waals surface area contributed by atoms with Crippen molar-refractivity contribution < 1.29 is 9.90 Å².